The molecule has 0 bridgehead atoms. The zero-order chi connectivity index (χ0) is 24.1. The largest absolute Gasteiger partial charge is 0.488 e. The highest BCUT2D eigenvalue weighted by molar-refractivity contribution is 6.37. The topological polar surface area (TPSA) is 62.0 Å². The third-order valence-corrected chi connectivity index (χ3v) is 6.47. The van der Waals surface area contributed by atoms with Crippen LogP contribution in [-0.4, -0.2) is 55.4 Å². The number of ether oxygens (including phenoxy) is 1. The maximum absolute atomic E-state index is 13.1. The van der Waals surface area contributed by atoms with Crippen molar-refractivity contribution >= 4 is 71.8 Å². The van der Waals surface area contributed by atoms with Crippen LogP contribution in [0.1, 0.15) is 11.1 Å². The molecule has 4 rings (SSSR count). The van der Waals surface area contributed by atoms with E-state index in [2.05, 4.69) is 34.1 Å². The van der Waals surface area contributed by atoms with E-state index in [-0.39, 0.29) is 49.6 Å². The van der Waals surface area contributed by atoms with Crippen molar-refractivity contribution in [1.82, 2.24) is 4.90 Å². The van der Waals surface area contributed by atoms with Crippen LogP contribution in [-0.2, 0) is 6.42 Å². The van der Waals surface area contributed by atoms with E-state index in [4.69, 9.17) is 33.7 Å². The fraction of sp³-hybridized carbons (Fsp3) is 0.308. The van der Waals surface area contributed by atoms with Gasteiger partial charge in [0.25, 0.3) is 0 Å². The summed E-state index contributed by atoms with van der Waals surface area (Å²) in [5, 5.41) is 11.1. The van der Waals surface area contributed by atoms with Gasteiger partial charge in [0, 0.05) is 44.1 Å². The van der Waals surface area contributed by atoms with Crippen LogP contribution in [0.4, 0.5) is 15.8 Å². The predicted octanol–water partition coefficient (Wildman–Crippen LogP) is 6.13. The first kappa shape index (κ1) is 33.4. The van der Waals surface area contributed by atoms with Crippen molar-refractivity contribution in [3.8, 4) is 5.75 Å². The summed E-state index contributed by atoms with van der Waals surface area (Å²) in [5.41, 5.74) is 9.63. The molecule has 0 aliphatic carbocycles. The summed E-state index contributed by atoms with van der Waals surface area (Å²) < 4.78 is 18.7. The molecule has 1 fully saturated rings. The fourth-order valence-electron chi connectivity index (χ4n) is 4.10. The van der Waals surface area contributed by atoms with Gasteiger partial charge < -0.3 is 20.5 Å². The first-order valence-corrected chi connectivity index (χ1v) is 12.0. The molecule has 11 heteroatoms. The van der Waals surface area contributed by atoms with Gasteiger partial charge in [0.1, 0.15) is 18.5 Å². The number of aliphatic hydroxyl groups excluding tert-OH is 1. The van der Waals surface area contributed by atoms with Gasteiger partial charge in [0.05, 0.1) is 10.0 Å². The second-order valence-electron chi connectivity index (χ2n) is 8.54. The summed E-state index contributed by atoms with van der Waals surface area (Å²) in [4.78, 5) is 4.56. The van der Waals surface area contributed by atoms with Crippen LogP contribution in [0.25, 0.3) is 0 Å². The number of piperazine rings is 1. The molecule has 0 saturated carbocycles. The van der Waals surface area contributed by atoms with Gasteiger partial charge in [-0.3, -0.25) is 4.90 Å². The molecule has 0 radical (unpaired) electrons. The van der Waals surface area contributed by atoms with Crippen LogP contribution < -0.4 is 15.4 Å². The molecule has 1 aliphatic rings. The van der Waals surface area contributed by atoms with Gasteiger partial charge in [0.2, 0.25) is 0 Å². The lowest BCUT2D eigenvalue weighted by molar-refractivity contribution is 0.0664. The minimum absolute atomic E-state index is 0. The van der Waals surface area contributed by atoms with E-state index in [0.29, 0.717) is 28.0 Å². The Bertz CT molecular complexity index is 1080. The maximum atomic E-state index is 13.1. The normalized spacial score (nSPS) is 14.1. The predicted molar refractivity (Wildman–Crippen MR) is 158 cm³/mol. The summed E-state index contributed by atoms with van der Waals surface area (Å²) in [6.07, 6.45) is 0.114. The van der Waals surface area contributed by atoms with Gasteiger partial charge in [-0.2, -0.15) is 0 Å². The van der Waals surface area contributed by atoms with Gasteiger partial charge in [-0.05, 0) is 53.9 Å². The van der Waals surface area contributed by atoms with E-state index in [1.54, 1.807) is 12.1 Å². The molecule has 37 heavy (non-hydrogen) atoms. The van der Waals surface area contributed by atoms with Crippen LogP contribution in [0.5, 0.6) is 5.75 Å². The van der Waals surface area contributed by atoms with Crippen molar-refractivity contribution in [2.75, 3.05) is 50.0 Å². The summed E-state index contributed by atoms with van der Waals surface area (Å²) in [5.74, 6) is 0.123. The Labute approximate surface area is 245 Å². The molecule has 3 N–H and O–H groups in total. The summed E-state index contributed by atoms with van der Waals surface area (Å²) in [6.45, 7) is 4.05. The van der Waals surface area contributed by atoms with Gasteiger partial charge in [0.15, 0.2) is 5.75 Å². The van der Waals surface area contributed by atoms with Crippen LogP contribution in [0.2, 0.25) is 10.0 Å². The third kappa shape index (κ3) is 9.56. The van der Waals surface area contributed by atoms with Crippen molar-refractivity contribution in [3.05, 3.63) is 87.7 Å². The average molecular weight is 614 g/mol. The molecule has 0 amide bonds. The highest BCUT2D eigenvalue weighted by Gasteiger charge is 2.20. The molecule has 3 aromatic rings. The molecule has 1 heterocycles. The smallest absolute Gasteiger partial charge is 0.156 e. The van der Waals surface area contributed by atoms with E-state index in [1.165, 1.54) is 23.4 Å². The van der Waals surface area contributed by atoms with Crippen LogP contribution in [0.15, 0.2) is 60.7 Å². The average Bonchev–Trinajstić information content (AvgIpc) is 2.81. The van der Waals surface area contributed by atoms with Crippen LogP contribution in [0.3, 0.4) is 0 Å². The second kappa shape index (κ2) is 15.7. The third-order valence-electron chi connectivity index (χ3n) is 5.90. The lowest BCUT2D eigenvalue weighted by Crippen LogP contribution is -2.49. The standard InChI is InChI=1S/C26H28Cl2FN3O2.3ClH/c27-24-14-21(30)15-25(28)26(24)34-17-23(33)16-31-9-11-32(12-10-31)22-7-3-19(4-8-22)13-18-1-5-20(29)6-2-18;;;/h1-8,14-15,23,33H,9-13,16-17,30H2;3*1H/t23-;;;/m0.../s1. The number of aliphatic hydroxyl groups is 1. The molecule has 3 aromatic carbocycles. The van der Waals surface area contributed by atoms with E-state index in [9.17, 15) is 9.50 Å². The molecule has 1 atom stereocenters. The summed E-state index contributed by atoms with van der Waals surface area (Å²) in [7, 11) is 0. The van der Waals surface area contributed by atoms with Crippen LogP contribution in [0, 0.1) is 5.82 Å². The second-order valence-corrected chi connectivity index (χ2v) is 9.35. The summed E-state index contributed by atoms with van der Waals surface area (Å²) >= 11 is 12.3. The van der Waals surface area contributed by atoms with E-state index in [0.717, 1.165) is 38.2 Å². The number of nitrogen functional groups attached to an aromatic ring is 1. The Morgan fingerprint density at radius 3 is 1.92 bits per heavy atom. The molecule has 0 aromatic heterocycles. The first-order chi connectivity index (χ1) is 16.4. The molecule has 1 saturated heterocycles. The number of anilines is 2. The van der Waals surface area contributed by atoms with E-state index in [1.807, 2.05) is 12.1 Å². The fourth-order valence-corrected chi connectivity index (χ4v) is 4.71. The summed E-state index contributed by atoms with van der Waals surface area (Å²) in [6, 6.07) is 18.3. The lowest BCUT2D eigenvalue weighted by Gasteiger charge is -2.37. The highest BCUT2D eigenvalue weighted by atomic mass is 35.5. The number of halogens is 6. The van der Waals surface area contributed by atoms with Crippen LogP contribution >= 0.6 is 60.4 Å². The Morgan fingerprint density at radius 2 is 1.38 bits per heavy atom. The van der Waals surface area contributed by atoms with Gasteiger partial charge in [-0.1, -0.05) is 47.5 Å². The molecule has 0 unspecified atom stereocenters. The van der Waals surface area contributed by atoms with Crippen molar-refractivity contribution in [1.29, 1.82) is 0 Å². The minimum Gasteiger partial charge on any atom is -0.488 e. The Balaban J connectivity index is 0.00000228. The SMILES string of the molecule is Cl.Cl.Cl.Nc1cc(Cl)c(OC[C@@H](O)CN2CCN(c3ccc(Cc4ccc(F)cc4)cc3)CC2)c(Cl)c1. The Kier molecular flexibility index (Phi) is 14.2. The zero-order valence-electron chi connectivity index (χ0n) is 20.0. The monoisotopic (exact) mass is 611 g/mol. The zero-order valence-corrected chi connectivity index (χ0v) is 23.9. The number of hydrogen-bond acceptors (Lipinski definition) is 5. The van der Waals surface area contributed by atoms with Crippen molar-refractivity contribution in [3.63, 3.8) is 0 Å². The molecule has 204 valence electrons. The molecular formula is C26H31Cl5FN3O2. The molecular weight excluding hydrogens is 583 g/mol. The number of rotatable bonds is 8. The van der Waals surface area contributed by atoms with Crippen molar-refractivity contribution in [2.45, 2.75) is 12.5 Å². The number of hydrogen-bond donors (Lipinski definition) is 2. The van der Waals surface area contributed by atoms with Gasteiger partial charge in [-0.15, -0.1) is 37.2 Å². The van der Waals surface area contributed by atoms with Gasteiger partial charge >= 0.3 is 0 Å². The van der Waals surface area contributed by atoms with Gasteiger partial charge in [-0.25, -0.2) is 4.39 Å². The molecule has 0 spiro atoms. The molecule has 5 nitrogen and oxygen atoms in total. The quantitative estimate of drug-likeness (QED) is 0.299. The van der Waals surface area contributed by atoms with Crippen molar-refractivity contribution < 1.29 is 14.2 Å². The van der Waals surface area contributed by atoms with Crippen molar-refractivity contribution in [2.24, 2.45) is 0 Å². The number of nitrogens with two attached hydrogens (primary N) is 1. The van der Waals surface area contributed by atoms with E-state index >= 15 is 0 Å². The minimum atomic E-state index is -0.665. The first-order valence-electron chi connectivity index (χ1n) is 11.2. The Hall–Kier alpha value is -1.64. The Morgan fingerprint density at radius 1 is 0.865 bits per heavy atom. The number of β-amino-alcohol motifs (C(OH)–C–C–N with tert-alkyl or cyclic N) is 1. The lowest BCUT2D eigenvalue weighted by atomic mass is 10.0. The molecule has 1 aliphatic heterocycles. The van der Waals surface area contributed by atoms with E-state index < -0.39 is 6.10 Å². The highest BCUT2D eigenvalue weighted by Crippen LogP contribution is 2.35. The maximum Gasteiger partial charge on any atom is 0.156 e. The number of benzene rings is 3. The number of nitrogens with zero attached hydrogens (tertiary/aromatic N) is 2.